The van der Waals surface area contributed by atoms with E-state index in [0.717, 1.165) is 6.20 Å². The normalized spacial score (nSPS) is 10.1. The second-order valence-corrected chi connectivity index (χ2v) is 3.79. The van der Waals surface area contributed by atoms with Gasteiger partial charge in [-0.1, -0.05) is 11.6 Å². The van der Waals surface area contributed by atoms with Gasteiger partial charge in [0.1, 0.15) is 6.20 Å². The molecule has 2 aromatic rings. The summed E-state index contributed by atoms with van der Waals surface area (Å²) in [5.41, 5.74) is 5.76. The number of nitrogens with two attached hydrogens (primary N) is 1. The van der Waals surface area contributed by atoms with E-state index in [0.29, 0.717) is 10.7 Å². The van der Waals surface area contributed by atoms with Gasteiger partial charge in [0.15, 0.2) is 0 Å². The molecule has 0 saturated heterocycles. The van der Waals surface area contributed by atoms with Crippen molar-refractivity contribution >= 4 is 34.7 Å². The van der Waals surface area contributed by atoms with Crippen LogP contribution in [0.5, 0.6) is 0 Å². The van der Waals surface area contributed by atoms with Crippen LogP contribution in [0.25, 0.3) is 0 Å². The topological polar surface area (TPSA) is 107 Å². The standard InChI is InChI=1S/C10H8ClN5O2/c11-6-1-3-7(4-2-6)14-9-8(16(17)18)5-13-10(12)15-9/h1-5H,(H3,12,13,14,15). The molecule has 0 amide bonds. The highest BCUT2D eigenvalue weighted by Crippen LogP contribution is 2.25. The van der Waals surface area contributed by atoms with Gasteiger partial charge in [-0.2, -0.15) is 4.98 Å². The van der Waals surface area contributed by atoms with E-state index in [1.165, 1.54) is 0 Å². The Kier molecular flexibility index (Phi) is 3.24. The van der Waals surface area contributed by atoms with Crippen LogP contribution in [0.15, 0.2) is 30.5 Å². The number of hydrogen-bond donors (Lipinski definition) is 2. The van der Waals surface area contributed by atoms with E-state index in [4.69, 9.17) is 17.3 Å². The van der Waals surface area contributed by atoms with Crippen LogP contribution in [0.1, 0.15) is 0 Å². The van der Waals surface area contributed by atoms with Crippen LogP contribution in [0, 0.1) is 10.1 Å². The van der Waals surface area contributed by atoms with Crippen LogP contribution >= 0.6 is 11.6 Å². The molecule has 0 unspecified atom stereocenters. The van der Waals surface area contributed by atoms with Crippen molar-refractivity contribution < 1.29 is 4.92 Å². The molecular formula is C10H8ClN5O2. The number of halogens is 1. The molecule has 0 atom stereocenters. The monoisotopic (exact) mass is 265 g/mol. The zero-order valence-electron chi connectivity index (χ0n) is 9.00. The lowest BCUT2D eigenvalue weighted by Gasteiger charge is -2.06. The lowest BCUT2D eigenvalue weighted by Crippen LogP contribution is -2.03. The van der Waals surface area contributed by atoms with Crippen LogP contribution in [0.3, 0.4) is 0 Å². The van der Waals surface area contributed by atoms with Crippen molar-refractivity contribution in [2.45, 2.75) is 0 Å². The van der Waals surface area contributed by atoms with Gasteiger partial charge >= 0.3 is 5.69 Å². The first-order valence-electron chi connectivity index (χ1n) is 4.86. The molecule has 1 heterocycles. The molecule has 18 heavy (non-hydrogen) atoms. The van der Waals surface area contributed by atoms with Crippen molar-refractivity contribution in [3.63, 3.8) is 0 Å². The summed E-state index contributed by atoms with van der Waals surface area (Å²) in [6, 6.07) is 6.65. The van der Waals surface area contributed by atoms with E-state index in [-0.39, 0.29) is 17.5 Å². The molecule has 0 fully saturated rings. The zero-order valence-corrected chi connectivity index (χ0v) is 9.76. The quantitative estimate of drug-likeness (QED) is 0.652. The molecule has 0 saturated carbocycles. The van der Waals surface area contributed by atoms with Crippen LogP contribution < -0.4 is 11.1 Å². The third-order valence-electron chi connectivity index (χ3n) is 2.09. The molecule has 0 aliphatic heterocycles. The molecule has 0 spiro atoms. The Bertz CT molecular complexity index is 587. The number of hydrogen-bond acceptors (Lipinski definition) is 6. The Morgan fingerprint density at radius 2 is 2.00 bits per heavy atom. The fraction of sp³-hybridized carbons (Fsp3) is 0. The van der Waals surface area contributed by atoms with E-state index in [2.05, 4.69) is 15.3 Å². The maximum Gasteiger partial charge on any atom is 0.329 e. The number of nitrogen functional groups attached to an aromatic ring is 1. The van der Waals surface area contributed by atoms with Crippen molar-refractivity contribution in [2.24, 2.45) is 0 Å². The Hall–Kier alpha value is -2.41. The molecule has 7 nitrogen and oxygen atoms in total. The zero-order chi connectivity index (χ0) is 13.1. The average Bonchev–Trinajstić information content (AvgIpc) is 2.32. The third kappa shape index (κ3) is 2.64. The summed E-state index contributed by atoms with van der Waals surface area (Å²) >= 11 is 5.74. The van der Waals surface area contributed by atoms with Crippen LogP contribution in [-0.2, 0) is 0 Å². The fourth-order valence-electron chi connectivity index (χ4n) is 1.28. The van der Waals surface area contributed by atoms with E-state index in [9.17, 15) is 10.1 Å². The molecule has 0 aliphatic rings. The van der Waals surface area contributed by atoms with Gasteiger partial charge in [-0.05, 0) is 24.3 Å². The SMILES string of the molecule is Nc1ncc([N+](=O)[O-])c(Nc2ccc(Cl)cc2)n1. The van der Waals surface area contributed by atoms with E-state index in [1.807, 2.05) is 0 Å². The molecule has 0 aliphatic carbocycles. The summed E-state index contributed by atoms with van der Waals surface area (Å²) in [4.78, 5) is 17.6. The molecule has 0 radical (unpaired) electrons. The minimum absolute atomic E-state index is 0.0369. The van der Waals surface area contributed by atoms with Crippen molar-refractivity contribution in [1.29, 1.82) is 0 Å². The first-order chi connectivity index (χ1) is 8.56. The van der Waals surface area contributed by atoms with E-state index >= 15 is 0 Å². The summed E-state index contributed by atoms with van der Waals surface area (Å²) in [6.07, 6.45) is 1.06. The summed E-state index contributed by atoms with van der Waals surface area (Å²) in [5, 5.41) is 14.2. The van der Waals surface area contributed by atoms with Crippen molar-refractivity contribution in [1.82, 2.24) is 9.97 Å². The molecule has 1 aromatic carbocycles. The second-order valence-electron chi connectivity index (χ2n) is 3.35. The molecule has 0 bridgehead atoms. The van der Waals surface area contributed by atoms with Gasteiger partial charge in [0, 0.05) is 10.7 Å². The number of rotatable bonds is 3. The molecule has 1 aromatic heterocycles. The van der Waals surface area contributed by atoms with Crippen LogP contribution in [0.4, 0.5) is 23.1 Å². The highest BCUT2D eigenvalue weighted by molar-refractivity contribution is 6.30. The lowest BCUT2D eigenvalue weighted by molar-refractivity contribution is -0.384. The van der Waals surface area contributed by atoms with Gasteiger partial charge in [0.05, 0.1) is 4.92 Å². The highest BCUT2D eigenvalue weighted by Gasteiger charge is 2.16. The van der Waals surface area contributed by atoms with Crippen molar-refractivity contribution in [2.75, 3.05) is 11.1 Å². The average molecular weight is 266 g/mol. The van der Waals surface area contributed by atoms with Gasteiger partial charge in [-0.25, -0.2) is 4.98 Å². The van der Waals surface area contributed by atoms with Crippen molar-refractivity contribution in [3.8, 4) is 0 Å². The second kappa shape index (κ2) is 4.84. The molecule has 92 valence electrons. The van der Waals surface area contributed by atoms with Crippen LogP contribution in [-0.4, -0.2) is 14.9 Å². The first-order valence-corrected chi connectivity index (χ1v) is 5.23. The number of nitro groups is 1. The summed E-state index contributed by atoms with van der Waals surface area (Å²) in [7, 11) is 0. The maximum absolute atomic E-state index is 10.8. The first kappa shape index (κ1) is 12.1. The summed E-state index contributed by atoms with van der Waals surface area (Å²) in [5.74, 6) is -0.00751. The Balaban J connectivity index is 2.35. The fourth-order valence-corrected chi connectivity index (χ4v) is 1.41. The predicted molar refractivity (Wildman–Crippen MR) is 67.8 cm³/mol. The van der Waals surface area contributed by atoms with Gasteiger partial charge in [-0.15, -0.1) is 0 Å². The van der Waals surface area contributed by atoms with Gasteiger partial charge < -0.3 is 11.1 Å². The van der Waals surface area contributed by atoms with Gasteiger partial charge in [-0.3, -0.25) is 10.1 Å². The van der Waals surface area contributed by atoms with Gasteiger partial charge in [0.2, 0.25) is 11.8 Å². The van der Waals surface area contributed by atoms with Crippen LogP contribution in [0.2, 0.25) is 5.02 Å². The minimum Gasteiger partial charge on any atom is -0.368 e. The Morgan fingerprint density at radius 3 is 2.61 bits per heavy atom. The van der Waals surface area contributed by atoms with Crippen molar-refractivity contribution in [3.05, 3.63) is 45.6 Å². The Labute approximate surface area is 107 Å². The number of nitrogens with one attached hydrogen (secondary N) is 1. The largest absolute Gasteiger partial charge is 0.368 e. The number of anilines is 3. The smallest absolute Gasteiger partial charge is 0.329 e. The molecule has 8 heteroatoms. The summed E-state index contributed by atoms with van der Waals surface area (Å²) < 4.78 is 0. The predicted octanol–water partition coefficient (Wildman–Crippen LogP) is 2.36. The third-order valence-corrected chi connectivity index (χ3v) is 2.34. The maximum atomic E-state index is 10.8. The molecular weight excluding hydrogens is 258 g/mol. The number of aromatic nitrogens is 2. The number of benzene rings is 1. The van der Waals surface area contributed by atoms with E-state index in [1.54, 1.807) is 24.3 Å². The molecule has 2 rings (SSSR count). The lowest BCUT2D eigenvalue weighted by atomic mass is 10.3. The number of nitrogens with zero attached hydrogens (tertiary/aromatic N) is 3. The highest BCUT2D eigenvalue weighted by atomic mass is 35.5. The summed E-state index contributed by atoms with van der Waals surface area (Å²) in [6.45, 7) is 0. The Morgan fingerprint density at radius 1 is 1.33 bits per heavy atom. The van der Waals surface area contributed by atoms with E-state index < -0.39 is 4.92 Å². The molecule has 3 N–H and O–H groups in total. The van der Waals surface area contributed by atoms with Gasteiger partial charge in [0.25, 0.3) is 0 Å². The minimum atomic E-state index is -0.586.